The van der Waals surface area contributed by atoms with Crippen molar-refractivity contribution in [1.29, 1.82) is 0 Å². The van der Waals surface area contributed by atoms with Crippen molar-refractivity contribution >= 4 is 29.1 Å². The van der Waals surface area contributed by atoms with Gasteiger partial charge < -0.3 is 9.47 Å². The highest BCUT2D eigenvalue weighted by molar-refractivity contribution is 6.32. The van der Waals surface area contributed by atoms with Crippen LogP contribution in [0.25, 0.3) is 6.08 Å². The molecule has 0 aliphatic heterocycles. The Hall–Kier alpha value is -2.86. The van der Waals surface area contributed by atoms with E-state index in [1.165, 1.54) is 24.3 Å². The predicted octanol–water partition coefficient (Wildman–Crippen LogP) is 5.58. The number of ketones is 1. The molecule has 0 spiro atoms. The lowest BCUT2D eigenvalue weighted by Crippen LogP contribution is -2.02. The van der Waals surface area contributed by atoms with E-state index in [9.17, 15) is 14.9 Å². The molecule has 0 fully saturated rings. The first kappa shape index (κ1) is 21.4. The number of carbonyl (C=O) groups is 1. The molecule has 7 heteroatoms. The van der Waals surface area contributed by atoms with Crippen LogP contribution in [0.3, 0.4) is 0 Å². The van der Waals surface area contributed by atoms with Crippen molar-refractivity contribution in [3.05, 3.63) is 68.7 Å². The van der Waals surface area contributed by atoms with Crippen LogP contribution in [0.1, 0.15) is 36.2 Å². The third kappa shape index (κ3) is 5.82. The molecule has 0 unspecified atom stereocenters. The zero-order valence-electron chi connectivity index (χ0n) is 16.0. The summed E-state index contributed by atoms with van der Waals surface area (Å²) in [6, 6.07) is 9.32. The zero-order chi connectivity index (χ0) is 20.7. The minimum atomic E-state index is -0.619. The van der Waals surface area contributed by atoms with Crippen molar-refractivity contribution in [2.24, 2.45) is 5.92 Å². The maximum Gasteiger partial charge on any atom is 0.288 e. The molecule has 0 saturated heterocycles. The summed E-state index contributed by atoms with van der Waals surface area (Å²) < 4.78 is 11.1. The van der Waals surface area contributed by atoms with Gasteiger partial charge in [0.05, 0.1) is 18.6 Å². The highest BCUT2D eigenvalue weighted by Crippen LogP contribution is 2.29. The maximum atomic E-state index is 12.3. The van der Waals surface area contributed by atoms with Gasteiger partial charge in [0.15, 0.2) is 17.3 Å². The van der Waals surface area contributed by atoms with Crippen LogP contribution in [0.5, 0.6) is 11.5 Å². The number of benzene rings is 2. The standard InChI is InChI=1S/C21H22ClNO5/c1-14(2)10-11-28-20-9-5-15(12-21(20)27-3)4-8-19(24)16-6-7-17(22)18(13-16)23(25)26/h4-9,12-14H,10-11H2,1-3H3. The summed E-state index contributed by atoms with van der Waals surface area (Å²) in [5.74, 6) is 1.39. The van der Waals surface area contributed by atoms with Gasteiger partial charge in [-0.3, -0.25) is 14.9 Å². The topological polar surface area (TPSA) is 78.7 Å². The summed E-state index contributed by atoms with van der Waals surface area (Å²) >= 11 is 5.77. The number of nitro benzene ring substituents is 1. The molecule has 2 aromatic carbocycles. The molecule has 0 aliphatic rings. The van der Waals surface area contributed by atoms with Crippen LogP contribution in [-0.4, -0.2) is 24.4 Å². The second-order valence-corrected chi connectivity index (χ2v) is 6.97. The van der Waals surface area contributed by atoms with E-state index in [1.807, 2.05) is 0 Å². The summed E-state index contributed by atoms with van der Waals surface area (Å²) in [6.45, 7) is 4.85. The van der Waals surface area contributed by atoms with E-state index >= 15 is 0 Å². The fourth-order valence-electron chi connectivity index (χ4n) is 2.39. The van der Waals surface area contributed by atoms with Crippen molar-refractivity contribution in [2.75, 3.05) is 13.7 Å². The molecular weight excluding hydrogens is 382 g/mol. The van der Waals surface area contributed by atoms with E-state index in [-0.39, 0.29) is 22.1 Å². The maximum absolute atomic E-state index is 12.3. The fourth-order valence-corrected chi connectivity index (χ4v) is 2.57. The normalized spacial score (nSPS) is 11.0. The van der Waals surface area contributed by atoms with Gasteiger partial charge in [-0.15, -0.1) is 0 Å². The average Bonchev–Trinajstić information content (AvgIpc) is 2.66. The zero-order valence-corrected chi connectivity index (χ0v) is 16.7. The number of rotatable bonds is 9. The van der Waals surface area contributed by atoms with Crippen LogP contribution in [0.2, 0.25) is 5.02 Å². The molecule has 2 aromatic rings. The van der Waals surface area contributed by atoms with E-state index in [2.05, 4.69) is 13.8 Å². The molecule has 0 saturated carbocycles. The molecule has 0 heterocycles. The second kappa shape index (κ2) is 9.90. The first-order chi connectivity index (χ1) is 13.3. The Morgan fingerprint density at radius 1 is 1.21 bits per heavy atom. The summed E-state index contributed by atoms with van der Waals surface area (Å²) in [5.41, 5.74) is 0.628. The number of ether oxygens (including phenoxy) is 2. The van der Waals surface area contributed by atoms with E-state index in [0.717, 1.165) is 12.0 Å². The molecule has 0 aliphatic carbocycles. The van der Waals surface area contributed by atoms with Gasteiger partial charge in [-0.2, -0.15) is 0 Å². The van der Waals surface area contributed by atoms with Crippen LogP contribution in [0.15, 0.2) is 42.5 Å². The monoisotopic (exact) mass is 403 g/mol. The molecule has 0 radical (unpaired) electrons. The van der Waals surface area contributed by atoms with Crippen LogP contribution < -0.4 is 9.47 Å². The molecule has 6 nitrogen and oxygen atoms in total. The van der Waals surface area contributed by atoms with Gasteiger partial charge in [-0.05, 0) is 48.2 Å². The molecule has 0 aromatic heterocycles. The number of nitrogens with zero attached hydrogens (tertiary/aromatic N) is 1. The molecule has 0 amide bonds. The number of hydrogen-bond donors (Lipinski definition) is 0. The minimum absolute atomic E-state index is 0.0108. The lowest BCUT2D eigenvalue weighted by molar-refractivity contribution is -0.384. The Morgan fingerprint density at radius 3 is 2.61 bits per heavy atom. The van der Waals surface area contributed by atoms with Crippen LogP contribution in [-0.2, 0) is 0 Å². The molecule has 0 atom stereocenters. The number of hydrogen-bond acceptors (Lipinski definition) is 5. The second-order valence-electron chi connectivity index (χ2n) is 6.56. The van der Waals surface area contributed by atoms with Gasteiger partial charge in [0, 0.05) is 11.6 Å². The van der Waals surface area contributed by atoms with Gasteiger partial charge in [-0.25, -0.2) is 0 Å². The summed E-state index contributed by atoms with van der Waals surface area (Å²) in [5, 5.41) is 10.9. The SMILES string of the molecule is COc1cc(C=CC(=O)c2ccc(Cl)c([N+](=O)[O-])c2)ccc1OCCC(C)C. The smallest absolute Gasteiger partial charge is 0.288 e. The average molecular weight is 404 g/mol. The Balaban J connectivity index is 2.14. The Morgan fingerprint density at radius 2 is 1.96 bits per heavy atom. The number of halogens is 1. The van der Waals surface area contributed by atoms with E-state index in [4.69, 9.17) is 21.1 Å². The largest absolute Gasteiger partial charge is 0.493 e. The molecule has 0 N–H and O–H groups in total. The molecule has 0 bridgehead atoms. The first-order valence-electron chi connectivity index (χ1n) is 8.79. The van der Waals surface area contributed by atoms with Crippen molar-refractivity contribution in [2.45, 2.75) is 20.3 Å². The highest BCUT2D eigenvalue weighted by atomic mass is 35.5. The van der Waals surface area contributed by atoms with Crippen LogP contribution in [0, 0.1) is 16.0 Å². The van der Waals surface area contributed by atoms with Crippen molar-refractivity contribution in [1.82, 2.24) is 0 Å². The van der Waals surface area contributed by atoms with Gasteiger partial charge in [0.1, 0.15) is 5.02 Å². The lowest BCUT2D eigenvalue weighted by Gasteiger charge is -2.12. The van der Waals surface area contributed by atoms with Gasteiger partial charge in [0.25, 0.3) is 5.69 Å². The Kier molecular flexibility index (Phi) is 7.58. The van der Waals surface area contributed by atoms with Crippen LogP contribution >= 0.6 is 11.6 Å². The number of nitro groups is 1. The number of carbonyl (C=O) groups excluding carboxylic acids is 1. The first-order valence-corrected chi connectivity index (χ1v) is 9.16. The molecule has 2 rings (SSSR count). The Labute approximate surface area is 168 Å². The number of allylic oxidation sites excluding steroid dienone is 1. The van der Waals surface area contributed by atoms with Crippen molar-refractivity contribution in [3.63, 3.8) is 0 Å². The fraction of sp³-hybridized carbons (Fsp3) is 0.286. The van der Waals surface area contributed by atoms with E-state index in [0.29, 0.717) is 24.0 Å². The third-order valence-corrected chi connectivity index (χ3v) is 4.31. The highest BCUT2D eigenvalue weighted by Gasteiger charge is 2.15. The lowest BCUT2D eigenvalue weighted by atomic mass is 10.1. The minimum Gasteiger partial charge on any atom is -0.493 e. The summed E-state index contributed by atoms with van der Waals surface area (Å²) in [4.78, 5) is 22.7. The predicted molar refractivity (Wildman–Crippen MR) is 109 cm³/mol. The third-order valence-electron chi connectivity index (χ3n) is 3.99. The van der Waals surface area contributed by atoms with E-state index < -0.39 is 4.92 Å². The van der Waals surface area contributed by atoms with Gasteiger partial charge in [0.2, 0.25) is 0 Å². The summed E-state index contributed by atoms with van der Waals surface area (Å²) in [7, 11) is 1.55. The van der Waals surface area contributed by atoms with Crippen molar-refractivity contribution in [3.8, 4) is 11.5 Å². The number of methoxy groups -OCH3 is 1. The van der Waals surface area contributed by atoms with Gasteiger partial charge >= 0.3 is 0 Å². The molecular formula is C21H22ClNO5. The Bertz CT molecular complexity index is 892. The summed E-state index contributed by atoms with van der Waals surface area (Å²) in [6.07, 6.45) is 3.90. The van der Waals surface area contributed by atoms with E-state index in [1.54, 1.807) is 31.4 Å². The molecule has 148 valence electrons. The van der Waals surface area contributed by atoms with Crippen LogP contribution in [0.4, 0.5) is 5.69 Å². The quantitative estimate of drug-likeness (QED) is 0.236. The molecule has 28 heavy (non-hydrogen) atoms. The van der Waals surface area contributed by atoms with Crippen molar-refractivity contribution < 1.29 is 19.2 Å². The van der Waals surface area contributed by atoms with Gasteiger partial charge in [-0.1, -0.05) is 37.6 Å².